The lowest BCUT2D eigenvalue weighted by molar-refractivity contribution is -0.137. The topological polar surface area (TPSA) is 12.0 Å². The van der Waals surface area contributed by atoms with Gasteiger partial charge in [-0.05, 0) is 36.8 Å². The van der Waals surface area contributed by atoms with Crippen molar-refractivity contribution < 1.29 is 13.2 Å². The van der Waals surface area contributed by atoms with E-state index in [1.165, 1.54) is 12.1 Å². The van der Waals surface area contributed by atoms with Gasteiger partial charge in [0.1, 0.15) is 0 Å². The molecular formula is C12H14F3NS. The van der Waals surface area contributed by atoms with Crippen molar-refractivity contribution in [2.75, 3.05) is 16.8 Å². The van der Waals surface area contributed by atoms with Crippen LogP contribution in [0, 0.1) is 6.92 Å². The lowest BCUT2D eigenvalue weighted by atomic mass is 10.1. The van der Waals surface area contributed by atoms with E-state index in [0.29, 0.717) is 11.7 Å². The van der Waals surface area contributed by atoms with Crippen molar-refractivity contribution in [3.8, 4) is 0 Å². The number of benzene rings is 1. The molecule has 1 nitrogen and oxygen atoms in total. The molecule has 1 atom stereocenters. The van der Waals surface area contributed by atoms with Gasteiger partial charge in [0.15, 0.2) is 0 Å². The van der Waals surface area contributed by atoms with E-state index < -0.39 is 11.7 Å². The normalized spacial score (nSPS) is 20.6. The smallest absolute Gasteiger partial charge is 0.381 e. The molecule has 1 saturated heterocycles. The Kier molecular flexibility index (Phi) is 3.56. The van der Waals surface area contributed by atoms with Crippen LogP contribution in [0.4, 0.5) is 18.9 Å². The van der Waals surface area contributed by atoms with Gasteiger partial charge in [0.05, 0.1) is 5.56 Å². The van der Waals surface area contributed by atoms with Crippen LogP contribution in [0.1, 0.15) is 17.5 Å². The number of nitrogens with one attached hydrogen (secondary N) is 1. The zero-order valence-corrected chi connectivity index (χ0v) is 10.3. The van der Waals surface area contributed by atoms with Crippen molar-refractivity contribution in [1.82, 2.24) is 0 Å². The average molecular weight is 261 g/mol. The molecule has 2 rings (SSSR count). The van der Waals surface area contributed by atoms with Gasteiger partial charge in [0.25, 0.3) is 0 Å². The average Bonchev–Trinajstić information content (AvgIpc) is 2.72. The molecule has 1 heterocycles. The summed E-state index contributed by atoms with van der Waals surface area (Å²) in [6, 6.07) is 4.15. The van der Waals surface area contributed by atoms with Gasteiger partial charge in [0.2, 0.25) is 0 Å². The second kappa shape index (κ2) is 4.80. The fourth-order valence-corrected chi connectivity index (χ4v) is 2.97. The van der Waals surface area contributed by atoms with Gasteiger partial charge in [-0.3, -0.25) is 0 Å². The Hall–Kier alpha value is -0.840. The first-order chi connectivity index (χ1) is 7.97. The molecule has 17 heavy (non-hydrogen) atoms. The molecular weight excluding hydrogens is 247 g/mol. The molecule has 0 aromatic heterocycles. The minimum atomic E-state index is -4.27. The monoisotopic (exact) mass is 261 g/mol. The van der Waals surface area contributed by atoms with E-state index in [1.807, 2.05) is 18.7 Å². The predicted molar refractivity (Wildman–Crippen MR) is 65.5 cm³/mol. The summed E-state index contributed by atoms with van der Waals surface area (Å²) in [7, 11) is 0. The van der Waals surface area contributed by atoms with E-state index in [4.69, 9.17) is 0 Å². The van der Waals surface area contributed by atoms with E-state index in [0.717, 1.165) is 29.6 Å². The Morgan fingerprint density at radius 1 is 1.35 bits per heavy atom. The van der Waals surface area contributed by atoms with Crippen molar-refractivity contribution in [2.24, 2.45) is 0 Å². The minimum Gasteiger partial charge on any atom is -0.381 e. The van der Waals surface area contributed by atoms with Crippen LogP contribution < -0.4 is 5.32 Å². The first kappa shape index (κ1) is 12.6. The van der Waals surface area contributed by atoms with Gasteiger partial charge in [0, 0.05) is 17.5 Å². The highest BCUT2D eigenvalue weighted by atomic mass is 32.2. The summed E-state index contributed by atoms with van der Waals surface area (Å²) in [5.41, 5.74) is 0.874. The van der Waals surface area contributed by atoms with E-state index >= 15 is 0 Å². The summed E-state index contributed by atoms with van der Waals surface area (Å²) in [5.74, 6) is 2.05. The predicted octanol–water partition coefficient (Wildman–Crippen LogP) is 3.93. The molecule has 0 bridgehead atoms. The van der Waals surface area contributed by atoms with Crippen molar-refractivity contribution in [3.05, 3.63) is 29.3 Å². The van der Waals surface area contributed by atoms with E-state index in [-0.39, 0.29) is 0 Å². The maximum atomic E-state index is 12.6. The quantitative estimate of drug-likeness (QED) is 0.865. The standard InChI is InChI=1S/C12H14F3NS/c1-8-2-3-9(12(13,14)15)6-11(8)16-10-4-5-17-7-10/h2-3,6,10,16H,4-5,7H2,1H3. The van der Waals surface area contributed by atoms with Crippen LogP contribution in [0.2, 0.25) is 0 Å². The third-order valence-electron chi connectivity index (χ3n) is 2.85. The zero-order chi connectivity index (χ0) is 12.5. The molecule has 1 aromatic carbocycles. The van der Waals surface area contributed by atoms with E-state index in [2.05, 4.69) is 5.32 Å². The molecule has 0 saturated carbocycles. The largest absolute Gasteiger partial charge is 0.416 e. The molecule has 0 amide bonds. The van der Waals surface area contributed by atoms with Crippen molar-refractivity contribution in [2.45, 2.75) is 25.6 Å². The number of hydrogen-bond acceptors (Lipinski definition) is 2. The van der Waals surface area contributed by atoms with Gasteiger partial charge in [-0.25, -0.2) is 0 Å². The lowest BCUT2D eigenvalue weighted by Crippen LogP contribution is -2.19. The summed E-state index contributed by atoms with van der Waals surface area (Å²) >= 11 is 1.83. The van der Waals surface area contributed by atoms with Crippen LogP contribution in [-0.2, 0) is 6.18 Å². The fraction of sp³-hybridized carbons (Fsp3) is 0.500. The third kappa shape index (κ3) is 3.09. The second-order valence-electron chi connectivity index (χ2n) is 4.23. The molecule has 0 spiro atoms. The fourth-order valence-electron chi connectivity index (χ4n) is 1.82. The van der Waals surface area contributed by atoms with E-state index in [9.17, 15) is 13.2 Å². The molecule has 0 radical (unpaired) electrons. The molecule has 1 fully saturated rings. The SMILES string of the molecule is Cc1ccc(C(F)(F)F)cc1NC1CCSC1. The van der Waals surface area contributed by atoms with Crippen LogP contribution in [0.15, 0.2) is 18.2 Å². The molecule has 1 aliphatic rings. The molecule has 0 aliphatic carbocycles. The number of thioether (sulfide) groups is 1. The van der Waals surface area contributed by atoms with Crippen LogP contribution in [0.5, 0.6) is 0 Å². The van der Waals surface area contributed by atoms with E-state index in [1.54, 1.807) is 0 Å². The van der Waals surface area contributed by atoms with Crippen molar-refractivity contribution in [3.63, 3.8) is 0 Å². The summed E-state index contributed by atoms with van der Waals surface area (Å²) < 4.78 is 37.7. The Morgan fingerprint density at radius 2 is 2.12 bits per heavy atom. The van der Waals surface area contributed by atoms with Crippen LogP contribution >= 0.6 is 11.8 Å². The lowest BCUT2D eigenvalue weighted by Gasteiger charge is -2.17. The van der Waals surface area contributed by atoms with Gasteiger partial charge in [-0.2, -0.15) is 24.9 Å². The Bertz CT molecular complexity index is 397. The molecule has 94 valence electrons. The zero-order valence-electron chi connectivity index (χ0n) is 9.47. The van der Waals surface area contributed by atoms with Gasteiger partial charge in [-0.15, -0.1) is 0 Å². The summed E-state index contributed by atoms with van der Waals surface area (Å²) in [5, 5.41) is 3.20. The van der Waals surface area contributed by atoms with Gasteiger partial charge in [-0.1, -0.05) is 6.07 Å². The maximum absolute atomic E-state index is 12.6. The molecule has 1 unspecified atom stereocenters. The number of anilines is 1. The maximum Gasteiger partial charge on any atom is 0.416 e. The summed E-state index contributed by atoms with van der Waals surface area (Å²) in [6.07, 6.45) is -3.26. The summed E-state index contributed by atoms with van der Waals surface area (Å²) in [6.45, 7) is 1.82. The Morgan fingerprint density at radius 3 is 2.71 bits per heavy atom. The molecule has 5 heteroatoms. The van der Waals surface area contributed by atoms with Crippen molar-refractivity contribution in [1.29, 1.82) is 0 Å². The number of halogens is 3. The van der Waals surface area contributed by atoms with Crippen LogP contribution in [0.3, 0.4) is 0 Å². The third-order valence-corrected chi connectivity index (χ3v) is 4.02. The Balaban J connectivity index is 2.20. The van der Waals surface area contributed by atoms with Gasteiger partial charge >= 0.3 is 6.18 Å². The second-order valence-corrected chi connectivity index (χ2v) is 5.38. The van der Waals surface area contributed by atoms with Crippen molar-refractivity contribution >= 4 is 17.4 Å². The highest BCUT2D eigenvalue weighted by Gasteiger charge is 2.31. The first-order valence-electron chi connectivity index (χ1n) is 5.49. The minimum absolute atomic E-state index is 0.294. The number of alkyl halides is 3. The van der Waals surface area contributed by atoms with Crippen LogP contribution in [0.25, 0.3) is 0 Å². The highest BCUT2D eigenvalue weighted by Crippen LogP contribution is 2.33. The van der Waals surface area contributed by atoms with Gasteiger partial charge < -0.3 is 5.32 Å². The molecule has 1 aromatic rings. The number of rotatable bonds is 2. The first-order valence-corrected chi connectivity index (χ1v) is 6.64. The Labute approximate surface area is 103 Å². The highest BCUT2D eigenvalue weighted by molar-refractivity contribution is 7.99. The number of aryl methyl sites for hydroxylation is 1. The molecule has 1 aliphatic heterocycles. The number of hydrogen-bond donors (Lipinski definition) is 1. The van der Waals surface area contributed by atoms with Crippen LogP contribution in [-0.4, -0.2) is 17.5 Å². The summed E-state index contributed by atoms with van der Waals surface area (Å²) in [4.78, 5) is 0. The molecule has 1 N–H and O–H groups in total.